The molecule has 0 aliphatic carbocycles. The number of fused-ring (bicyclic) bond motifs is 1. The summed E-state index contributed by atoms with van der Waals surface area (Å²) < 4.78 is 21.8. The number of hydrogen-bond donors (Lipinski definition) is 1. The van der Waals surface area contributed by atoms with Crippen molar-refractivity contribution in [1.82, 2.24) is 9.99 Å². The van der Waals surface area contributed by atoms with Crippen molar-refractivity contribution in [3.05, 3.63) is 11.3 Å². The molecular formula is C11H20N3O3P. The van der Waals surface area contributed by atoms with Crippen LogP contribution in [0.5, 0.6) is 0 Å². The molecule has 1 N–H and O–H groups in total. The third kappa shape index (κ3) is 2.52. The maximum atomic E-state index is 12.0. The summed E-state index contributed by atoms with van der Waals surface area (Å²) in [6.07, 6.45) is 2.68. The first kappa shape index (κ1) is 13.7. The van der Waals surface area contributed by atoms with Gasteiger partial charge < -0.3 is 13.9 Å². The van der Waals surface area contributed by atoms with Gasteiger partial charge in [-0.05, 0) is 19.4 Å². The first-order chi connectivity index (χ1) is 8.49. The van der Waals surface area contributed by atoms with Crippen molar-refractivity contribution < 1.29 is 13.6 Å². The normalized spacial score (nSPS) is 27.9. The molecule has 0 unspecified atom stereocenters. The Hall–Kier alpha value is -0.680. The van der Waals surface area contributed by atoms with E-state index in [1.54, 1.807) is 0 Å². The molecule has 0 amide bonds. The Labute approximate surface area is 108 Å². The van der Waals surface area contributed by atoms with Gasteiger partial charge in [-0.25, -0.2) is 9.65 Å². The number of aliphatic imine (C=N–C) groups is 1. The van der Waals surface area contributed by atoms with Crippen molar-refractivity contribution in [1.29, 1.82) is 0 Å². The lowest BCUT2D eigenvalue weighted by atomic mass is 10.1. The zero-order valence-electron chi connectivity index (χ0n) is 11.2. The number of nitrogens with one attached hydrogen (secondary N) is 1. The zero-order chi connectivity index (χ0) is 13.3. The van der Waals surface area contributed by atoms with Crippen LogP contribution in [0.1, 0.15) is 20.3 Å². The van der Waals surface area contributed by atoms with E-state index in [0.29, 0.717) is 0 Å². The molecule has 0 spiro atoms. The van der Waals surface area contributed by atoms with Crippen molar-refractivity contribution >= 4 is 14.1 Å². The molecule has 0 bridgehead atoms. The van der Waals surface area contributed by atoms with Crippen LogP contribution in [0.25, 0.3) is 0 Å². The smallest absolute Gasteiger partial charge is 0.335 e. The van der Waals surface area contributed by atoms with Crippen molar-refractivity contribution in [2.45, 2.75) is 32.4 Å². The van der Waals surface area contributed by atoms with E-state index in [1.165, 1.54) is 25.5 Å². The lowest BCUT2D eigenvalue weighted by Gasteiger charge is -2.24. The standard InChI is InChI=1S/C11H20N3O3P/c1-8-9(2)12-7-14-6-10(5-11(8)14)13-18(15,16-3)17-4/h7,9-10H,5-6H2,1-4H3,(H,13,15)/t9-,10-/m0/s1. The van der Waals surface area contributed by atoms with E-state index in [1.807, 2.05) is 6.34 Å². The van der Waals surface area contributed by atoms with E-state index in [-0.39, 0.29) is 12.1 Å². The molecule has 6 nitrogen and oxygen atoms in total. The van der Waals surface area contributed by atoms with Gasteiger partial charge >= 0.3 is 7.75 Å². The fourth-order valence-corrected chi connectivity index (χ4v) is 3.27. The van der Waals surface area contributed by atoms with Crippen LogP contribution in [-0.2, 0) is 13.6 Å². The molecule has 1 fully saturated rings. The minimum absolute atomic E-state index is 0.0532. The molecule has 2 heterocycles. The molecule has 102 valence electrons. The summed E-state index contributed by atoms with van der Waals surface area (Å²) in [5, 5.41) is 2.96. The minimum Gasteiger partial charge on any atom is -0.335 e. The Bertz CT molecular complexity index is 427. The van der Waals surface area contributed by atoms with E-state index < -0.39 is 7.75 Å². The monoisotopic (exact) mass is 273 g/mol. The summed E-state index contributed by atoms with van der Waals surface area (Å²) in [4.78, 5) is 6.51. The number of rotatable bonds is 4. The predicted octanol–water partition coefficient (Wildman–Crippen LogP) is 1.76. The van der Waals surface area contributed by atoms with Gasteiger partial charge in [-0.1, -0.05) is 0 Å². The second-order valence-electron chi connectivity index (χ2n) is 4.62. The lowest BCUT2D eigenvalue weighted by Crippen LogP contribution is -2.31. The van der Waals surface area contributed by atoms with Crippen molar-refractivity contribution in [3.8, 4) is 0 Å². The molecule has 2 aliphatic heterocycles. The molecule has 0 saturated carbocycles. The van der Waals surface area contributed by atoms with E-state index in [0.717, 1.165) is 13.0 Å². The van der Waals surface area contributed by atoms with Gasteiger partial charge in [-0.15, -0.1) is 0 Å². The average Bonchev–Trinajstić information content (AvgIpc) is 2.77. The van der Waals surface area contributed by atoms with Gasteiger partial charge in [0.25, 0.3) is 0 Å². The van der Waals surface area contributed by atoms with Gasteiger partial charge in [0.2, 0.25) is 0 Å². The summed E-state index contributed by atoms with van der Waals surface area (Å²) >= 11 is 0. The summed E-state index contributed by atoms with van der Waals surface area (Å²) in [6.45, 7) is 4.91. The number of hydrogen-bond acceptors (Lipinski definition) is 5. The summed E-state index contributed by atoms with van der Waals surface area (Å²) in [6, 6.07) is 0.282. The Morgan fingerprint density at radius 3 is 2.78 bits per heavy atom. The molecular weight excluding hydrogens is 253 g/mol. The molecule has 18 heavy (non-hydrogen) atoms. The van der Waals surface area contributed by atoms with Gasteiger partial charge in [-0.2, -0.15) is 0 Å². The van der Waals surface area contributed by atoms with Crippen molar-refractivity contribution in [2.24, 2.45) is 4.99 Å². The lowest BCUT2D eigenvalue weighted by molar-refractivity contribution is 0.259. The molecule has 1 saturated heterocycles. The van der Waals surface area contributed by atoms with Crippen molar-refractivity contribution in [3.63, 3.8) is 0 Å². The van der Waals surface area contributed by atoms with Gasteiger partial charge in [0.15, 0.2) is 0 Å². The largest absolute Gasteiger partial charge is 0.405 e. The highest BCUT2D eigenvalue weighted by Crippen LogP contribution is 2.44. The summed E-state index contributed by atoms with van der Waals surface area (Å²) in [5.74, 6) is 0. The third-order valence-corrected chi connectivity index (χ3v) is 5.18. The highest BCUT2D eigenvalue weighted by atomic mass is 31.2. The summed E-state index contributed by atoms with van der Waals surface area (Å²) in [7, 11) is -0.398. The highest BCUT2D eigenvalue weighted by molar-refractivity contribution is 7.51. The Morgan fingerprint density at radius 1 is 1.50 bits per heavy atom. The summed E-state index contributed by atoms with van der Waals surface area (Å²) in [5.41, 5.74) is 2.53. The van der Waals surface area contributed by atoms with Crippen LogP contribution >= 0.6 is 7.75 Å². The third-order valence-electron chi connectivity index (χ3n) is 3.54. The first-order valence-corrected chi connectivity index (χ1v) is 7.52. The van der Waals surface area contributed by atoms with Crippen LogP contribution < -0.4 is 5.09 Å². The van der Waals surface area contributed by atoms with Crippen LogP contribution in [-0.4, -0.2) is 44.1 Å². The van der Waals surface area contributed by atoms with Crippen LogP contribution in [0.15, 0.2) is 16.3 Å². The zero-order valence-corrected chi connectivity index (χ0v) is 12.1. The second kappa shape index (κ2) is 5.13. The molecule has 2 atom stereocenters. The molecule has 2 rings (SSSR count). The Balaban J connectivity index is 2.09. The SMILES string of the molecule is COP(=O)(N[C@H]1CC2=C(C)[C@H](C)N=CN2C1)OC. The Kier molecular flexibility index (Phi) is 3.92. The van der Waals surface area contributed by atoms with Crippen LogP contribution in [0.4, 0.5) is 0 Å². The number of nitrogens with zero attached hydrogens (tertiary/aromatic N) is 2. The van der Waals surface area contributed by atoms with E-state index in [9.17, 15) is 4.57 Å². The maximum Gasteiger partial charge on any atom is 0.405 e. The van der Waals surface area contributed by atoms with Gasteiger partial charge in [0.05, 0.1) is 12.4 Å². The predicted molar refractivity (Wildman–Crippen MR) is 70.5 cm³/mol. The van der Waals surface area contributed by atoms with Gasteiger partial charge in [0, 0.05) is 38.9 Å². The molecule has 0 aromatic heterocycles. The van der Waals surface area contributed by atoms with Gasteiger partial charge in [0.1, 0.15) is 0 Å². The molecule has 2 aliphatic rings. The van der Waals surface area contributed by atoms with Crippen molar-refractivity contribution in [2.75, 3.05) is 20.8 Å². The average molecular weight is 273 g/mol. The highest BCUT2D eigenvalue weighted by Gasteiger charge is 2.35. The maximum absolute atomic E-state index is 12.0. The Morgan fingerprint density at radius 2 is 2.17 bits per heavy atom. The molecule has 0 aromatic carbocycles. The first-order valence-electron chi connectivity index (χ1n) is 5.98. The van der Waals surface area contributed by atoms with Gasteiger partial charge in [-0.3, -0.25) is 4.99 Å². The van der Waals surface area contributed by atoms with Crippen LogP contribution in [0, 0.1) is 0 Å². The minimum atomic E-state index is -3.16. The quantitative estimate of drug-likeness (QED) is 0.791. The van der Waals surface area contributed by atoms with E-state index in [2.05, 4.69) is 28.8 Å². The molecule has 7 heteroatoms. The fraction of sp³-hybridized carbons (Fsp3) is 0.727. The fourth-order valence-electron chi connectivity index (χ4n) is 2.29. The second-order valence-corrected chi connectivity index (χ2v) is 6.60. The topological polar surface area (TPSA) is 63.2 Å². The van der Waals surface area contributed by atoms with Crippen LogP contribution in [0.3, 0.4) is 0 Å². The van der Waals surface area contributed by atoms with E-state index in [4.69, 9.17) is 9.05 Å². The molecule has 0 radical (unpaired) electrons. The van der Waals surface area contributed by atoms with Crippen LogP contribution in [0.2, 0.25) is 0 Å². The molecule has 0 aromatic rings. The van der Waals surface area contributed by atoms with E-state index >= 15 is 0 Å².